The molecular weight excluding hydrogens is 237 g/mol. The second-order valence-corrected chi connectivity index (χ2v) is 4.28. The summed E-state index contributed by atoms with van der Waals surface area (Å²) >= 11 is 0. The fourth-order valence-corrected chi connectivity index (χ4v) is 2.09. The number of carbonyl (C=O) groups is 1. The van der Waals surface area contributed by atoms with E-state index in [1.807, 2.05) is 0 Å². The molecule has 2 rings (SSSR count). The van der Waals surface area contributed by atoms with Gasteiger partial charge in [-0.2, -0.15) is 4.39 Å². The first-order valence-electron chi connectivity index (χ1n) is 5.55. The summed E-state index contributed by atoms with van der Waals surface area (Å²) in [6.45, 7) is 2.51. The molecule has 1 aromatic rings. The lowest BCUT2D eigenvalue weighted by Crippen LogP contribution is -2.25. The zero-order valence-corrected chi connectivity index (χ0v) is 9.88. The van der Waals surface area contributed by atoms with Crippen molar-refractivity contribution in [2.24, 2.45) is 11.0 Å². The van der Waals surface area contributed by atoms with Gasteiger partial charge in [0.05, 0.1) is 11.9 Å². The van der Waals surface area contributed by atoms with Crippen molar-refractivity contribution in [2.75, 3.05) is 18.0 Å². The van der Waals surface area contributed by atoms with Gasteiger partial charge in [-0.15, -0.1) is 0 Å². The molecule has 1 fully saturated rings. The van der Waals surface area contributed by atoms with Crippen LogP contribution < -0.4 is 4.90 Å². The van der Waals surface area contributed by atoms with Crippen LogP contribution in [0.25, 0.3) is 10.4 Å². The van der Waals surface area contributed by atoms with E-state index >= 15 is 0 Å². The van der Waals surface area contributed by atoms with Crippen LogP contribution in [0.5, 0.6) is 0 Å². The molecule has 7 heteroatoms. The summed E-state index contributed by atoms with van der Waals surface area (Å²) in [5.41, 5.74) is 9.54. The van der Waals surface area contributed by atoms with Crippen molar-refractivity contribution in [3.8, 4) is 0 Å². The van der Waals surface area contributed by atoms with Gasteiger partial charge in [-0.3, -0.25) is 4.79 Å². The van der Waals surface area contributed by atoms with Crippen molar-refractivity contribution >= 4 is 11.6 Å². The maximum absolute atomic E-state index is 12.9. The number of carbonyl (C=O) groups excluding carboxylic acids is 1. The minimum Gasteiger partial charge on any atom is -0.310 e. The fourth-order valence-electron chi connectivity index (χ4n) is 2.09. The van der Waals surface area contributed by atoms with Crippen LogP contribution in [0, 0.1) is 18.8 Å². The molecule has 0 aromatic carbocycles. The first-order chi connectivity index (χ1) is 8.61. The Morgan fingerprint density at radius 2 is 2.50 bits per heavy atom. The Kier molecular flexibility index (Phi) is 3.43. The summed E-state index contributed by atoms with van der Waals surface area (Å²) in [6, 6.07) is 1.30. The summed E-state index contributed by atoms with van der Waals surface area (Å²) in [5, 5.41) is 3.48. The first-order valence-corrected chi connectivity index (χ1v) is 5.55. The third kappa shape index (κ3) is 2.41. The quantitative estimate of drug-likeness (QED) is 0.356. The fraction of sp³-hybridized carbons (Fsp3) is 0.455. The number of aromatic nitrogens is 1. The van der Waals surface area contributed by atoms with Crippen LogP contribution in [0.15, 0.2) is 17.4 Å². The molecule has 94 valence electrons. The van der Waals surface area contributed by atoms with E-state index in [0.29, 0.717) is 30.8 Å². The monoisotopic (exact) mass is 249 g/mol. The molecule has 6 nitrogen and oxygen atoms in total. The van der Waals surface area contributed by atoms with E-state index in [9.17, 15) is 9.18 Å². The smallest absolute Gasteiger partial charge is 0.227 e. The number of rotatable bonds is 3. The third-order valence-electron chi connectivity index (χ3n) is 2.95. The average molecular weight is 249 g/mol. The zero-order chi connectivity index (χ0) is 13.1. The second kappa shape index (κ2) is 5.01. The van der Waals surface area contributed by atoms with Gasteiger partial charge in [0, 0.05) is 24.4 Å². The Bertz CT molecular complexity index is 526. The summed E-state index contributed by atoms with van der Waals surface area (Å²) in [7, 11) is 0. The lowest BCUT2D eigenvalue weighted by molar-refractivity contribution is -0.117. The van der Waals surface area contributed by atoms with E-state index in [1.54, 1.807) is 11.8 Å². The van der Waals surface area contributed by atoms with Crippen LogP contribution >= 0.6 is 0 Å². The Morgan fingerprint density at radius 3 is 3.17 bits per heavy atom. The number of azide groups is 1. The standard InChI is InChI=1S/C11H12FN5O/c1-7-2-10(12)14-5-9(7)17-6-8(3-11(17)18)4-15-16-13/h2,5,8H,3-4,6H2,1H3. The largest absolute Gasteiger partial charge is 0.310 e. The Hall–Kier alpha value is -2.14. The van der Waals surface area contributed by atoms with Crippen LogP contribution in [-0.4, -0.2) is 24.0 Å². The van der Waals surface area contributed by atoms with Gasteiger partial charge < -0.3 is 4.90 Å². The molecule has 0 saturated carbocycles. The third-order valence-corrected chi connectivity index (χ3v) is 2.95. The topological polar surface area (TPSA) is 82.0 Å². The highest BCUT2D eigenvalue weighted by atomic mass is 19.1. The molecule has 18 heavy (non-hydrogen) atoms. The number of nitrogens with zero attached hydrogens (tertiary/aromatic N) is 5. The Morgan fingerprint density at radius 1 is 1.72 bits per heavy atom. The molecule has 1 unspecified atom stereocenters. The number of anilines is 1. The molecule has 0 bridgehead atoms. The van der Waals surface area contributed by atoms with Crippen LogP contribution in [0.4, 0.5) is 10.1 Å². The number of hydrogen-bond acceptors (Lipinski definition) is 3. The van der Waals surface area contributed by atoms with Gasteiger partial charge >= 0.3 is 0 Å². The van der Waals surface area contributed by atoms with Crippen molar-refractivity contribution in [3.63, 3.8) is 0 Å². The molecular formula is C11H12FN5O. The van der Waals surface area contributed by atoms with Crippen LogP contribution in [-0.2, 0) is 4.79 Å². The highest BCUT2D eigenvalue weighted by Gasteiger charge is 2.31. The lowest BCUT2D eigenvalue weighted by Gasteiger charge is -2.18. The molecule has 1 saturated heterocycles. The molecule has 1 aliphatic rings. The molecule has 1 atom stereocenters. The average Bonchev–Trinajstić information content (AvgIpc) is 2.68. The predicted molar refractivity (Wildman–Crippen MR) is 63.4 cm³/mol. The van der Waals surface area contributed by atoms with E-state index in [1.165, 1.54) is 12.3 Å². The van der Waals surface area contributed by atoms with Crippen molar-refractivity contribution in [3.05, 3.63) is 34.2 Å². The highest BCUT2D eigenvalue weighted by molar-refractivity contribution is 5.96. The molecule has 1 amide bonds. The first kappa shape index (κ1) is 12.3. The molecule has 2 heterocycles. The summed E-state index contributed by atoms with van der Waals surface area (Å²) in [4.78, 5) is 19.7. The molecule has 0 spiro atoms. The van der Waals surface area contributed by atoms with E-state index in [2.05, 4.69) is 15.0 Å². The molecule has 1 aliphatic heterocycles. The van der Waals surface area contributed by atoms with Gasteiger partial charge in [-0.1, -0.05) is 5.11 Å². The number of hydrogen-bond donors (Lipinski definition) is 0. The van der Waals surface area contributed by atoms with Gasteiger partial charge in [0.25, 0.3) is 0 Å². The second-order valence-electron chi connectivity index (χ2n) is 4.28. The van der Waals surface area contributed by atoms with Crippen LogP contribution in [0.1, 0.15) is 12.0 Å². The van der Waals surface area contributed by atoms with Gasteiger partial charge in [-0.05, 0) is 30.0 Å². The van der Waals surface area contributed by atoms with Gasteiger partial charge in [0.2, 0.25) is 11.9 Å². The highest BCUT2D eigenvalue weighted by Crippen LogP contribution is 2.27. The zero-order valence-electron chi connectivity index (χ0n) is 9.88. The Balaban J connectivity index is 2.18. The van der Waals surface area contributed by atoms with E-state index in [4.69, 9.17) is 5.53 Å². The molecule has 0 N–H and O–H groups in total. The van der Waals surface area contributed by atoms with Crippen molar-refractivity contribution in [1.29, 1.82) is 0 Å². The summed E-state index contributed by atoms with van der Waals surface area (Å²) < 4.78 is 12.9. The predicted octanol–water partition coefficient (Wildman–Crippen LogP) is 2.19. The van der Waals surface area contributed by atoms with Crippen molar-refractivity contribution < 1.29 is 9.18 Å². The molecule has 0 aliphatic carbocycles. The van der Waals surface area contributed by atoms with Crippen LogP contribution in [0.2, 0.25) is 0 Å². The number of halogens is 1. The summed E-state index contributed by atoms with van der Waals surface area (Å²) in [5.74, 6) is -0.601. The maximum Gasteiger partial charge on any atom is 0.227 e. The van der Waals surface area contributed by atoms with Crippen LogP contribution in [0.3, 0.4) is 0 Å². The van der Waals surface area contributed by atoms with Gasteiger partial charge in [0.1, 0.15) is 0 Å². The SMILES string of the molecule is Cc1cc(F)ncc1N1CC(CN=[N+]=[N-])CC1=O. The Labute approximate surface area is 103 Å². The molecule has 0 radical (unpaired) electrons. The normalized spacial score (nSPS) is 18.9. The number of pyridine rings is 1. The number of aryl methyl sites for hydroxylation is 1. The van der Waals surface area contributed by atoms with Crippen molar-refractivity contribution in [2.45, 2.75) is 13.3 Å². The van der Waals surface area contributed by atoms with E-state index in [-0.39, 0.29) is 11.8 Å². The van der Waals surface area contributed by atoms with Gasteiger partial charge in [-0.25, -0.2) is 4.98 Å². The van der Waals surface area contributed by atoms with E-state index < -0.39 is 5.95 Å². The maximum atomic E-state index is 12.9. The minimum absolute atomic E-state index is 0.0119. The lowest BCUT2D eigenvalue weighted by atomic mass is 10.1. The number of amides is 1. The minimum atomic E-state index is -0.562. The summed E-state index contributed by atoms with van der Waals surface area (Å²) in [6.07, 6.45) is 1.70. The van der Waals surface area contributed by atoms with Gasteiger partial charge in [0.15, 0.2) is 0 Å². The molecule has 1 aromatic heterocycles. The van der Waals surface area contributed by atoms with E-state index in [0.717, 1.165) is 0 Å². The van der Waals surface area contributed by atoms with Crippen molar-refractivity contribution in [1.82, 2.24) is 4.98 Å².